The Morgan fingerprint density at radius 2 is 2.17 bits per heavy atom. The fraction of sp³-hybridized carbons (Fsp3) is 0.375. The Hall–Kier alpha value is -1.57. The summed E-state index contributed by atoms with van der Waals surface area (Å²) >= 11 is 3.35. The Morgan fingerprint density at radius 1 is 1.35 bits per heavy atom. The first-order valence-electron chi connectivity index (χ1n) is 7.69. The smallest absolute Gasteiger partial charge is 0.298 e. The maximum absolute atomic E-state index is 6.18. The van der Waals surface area contributed by atoms with E-state index in [2.05, 4.69) is 33.6 Å². The lowest BCUT2D eigenvalue weighted by atomic mass is 9.92. The molecule has 1 aromatic carbocycles. The van der Waals surface area contributed by atoms with Gasteiger partial charge in [-0.1, -0.05) is 0 Å². The van der Waals surface area contributed by atoms with Crippen molar-refractivity contribution in [1.82, 2.24) is 15.3 Å². The van der Waals surface area contributed by atoms with Gasteiger partial charge in [-0.05, 0) is 24.8 Å². The van der Waals surface area contributed by atoms with Crippen LogP contribution < -0.4 is 10.2 Å². The quantitative estimate of drug-likeness (QED) is 0.736. The second kappa shape index (κ2) is 5.22. The Morgan fingerprint density at radius 3 is 2.87 bits per heavy atom. The highest BCUT2D eigenvalue weighted by Gasteiger charge is 2.38. The number of benzene rings is 1. The Kier molecular flexibility index (Phi) is 3.14. The molecule has 3 aliphatic heterocycles. The molecule has 23 heavy (non-hydrogen) atoms. The third-order valence-electron chi connectivity index (χ3n) is 4.54. The first-order chi connectivity index (χ1) is 11.3. The molecule has 3 saturated heterocycles. The van der Waals surface area contributed by atoms with E-state index in [0.29, 0.717) is 12.1 Å². The Balaban J connectivity index is 1.62. The van der Waals surface area contributed by atoms with Crippen LogP contribution in [0.25, 0.3) is 21.7 Å². The molecule has 5 nitrogen and oxygen atoms in total. The van der Waals surface area contributed by atoms with E-state index in [9.17, 15) is 0 Å². The molecule has 2 aromatic heterocycles. The zero-order valence-corrected chi connectivity index (χ0v) is 14.3. The Bertz CT molecular complexity index is 844. The van der Waals surface area contributed by atoms with Crippen LogP contribution in [0, 0.1) is 0 Å². The molecule has 3 fully saturated rings. The van der Waals surface area contributed by atoms with Gasteiger partial charge in [0.1, 0.15) is 10.5 Å². The summed E-state index contributed by atoms with van der Waals surface area (Å²) in [6.07, 6.45) is 5.19. The van der Waals surface area contributed by atoms with Crippen molar-refractivity contribution in [1.29, 1.82) is 0 Å². The number of aromatic nitrogens is 2. The summed E-state index contributed by atoms with van der Waals surface area (Å²) in [6.45, 7) is 1.95. The third kappa shape index (κ3) is 2.26. The van der Waals surface area contributed by atoms with E-state index in [4.69, 9.17) is 9.40 Å². The number of rotatable bonds is 3. The SMILES string of the molecule is CSc1cc(-c2nccs2)c2oc(N3CC4CC(C3)N4)nc2c1. The maximum Gasteiger partial charge on any atom is 0.298 e. The molecule has 2 unspecified atom stereocenters. The summed E-state index contributed by atoms with van der Waals surface area (Å²) < 4.78 is 6.18. The summed E-state index contributed by atoms with van der Waals surface area (Å²) in [5.74, 6) is 0. The normalized spacial score (nSPS) is 23.3. The van der Waals surface area contributed by atoms with E-state index in [1.165, 1.54) is 11.3 Å². The third-order valence-corrected chi connectivity index (χ3v) is 6.06. The second-order valence-corrected chi connectivity index (χ2v) is 7.83. The van der Waals surface area contributed by atoms with Crippen LogP contribution in [0.15, 0.2) is 33.0 Å². The number of anilines is 1. The first kappa shape index (κ1) is 13.8. The lowest BCUT2D eigenvalue weighted by Crippen LogP contribution is -2.67. The molecule has 0 saturated carbocycles. The molecule has 7 heteroatoms. The molecule has 5 heterocycles. The van der Waals surface area contributed by atoms with Crippen molar-refractivity contribution in [3.05, 3.63) is 23.7 Å². The minimum Gasteiger partial charge on any atom is -0.423 e. The number of oxazole rings is 1. The number of hydrogen-bond donors (Lipinski definition) is 1. The van der Waals surface area contributed by atoms with E-state index in [1.54, 1.807) is 23.1 Å². The Labute approximate surface area is 142 Å². The van der Waals surface area contributed by atoms with Gasteiger partial charge in [0.05, 0.1) is 5.56 Å². The lowest BCUT2D eigenvalue weighted by Gasteiger charge is -2.47. The van der Waals surface area contributed by atoms with Gasteiger partial charge < -0.3 is 14.6 Å². The molecule has 1 N–H and O–H groups in total. The van der Waals surface area contributed by atoms with Gasteiger partial charge in [-0.3, -0.25) is 0 Å². The van der Waals surface area contributed by atoms with Gasteiger partial charge in [-0.2, -0.15) is 4.98 Å². The summed E-state index contributed by atoms with van der Waals surface area (Å²) in [5, 5.41) is 6.52. The minimum absolute atomic E-state index is 0.587. The number of thiazole rings is 1. The molecule has 6 rings (SSSR count). The summed E-state index contributed by atoms with van der Waals surface area (Å²) in [4.78, 5) is 12.7. The highest BCUT2D eigenvalue weighted by molar-refractivity contribution is 7.98. The molecule has 0 radical (unpaired) electrons. The van der Waals surface area contributed by atoms with Crippen LogP contribution in [-0.2, 0) is 0 Å². The van der Waals surface area contributed by atoms with Gasteiger partial charge in [-0.15, -0.1) is 23.1 Å². The van der Waals surface area contributed by atoms with Gasteiger partial charge in [0, 0.05) is 41.6 Å². The number of hydrogen-bond acceptors (Lipinski definition) is 7. The van der Waals surface area contributed by atoms with E-state index in [1.807, 2.05) is 11.6 Å². The zero-order valence-electron chi connectivity index (χ0n) is 12.7. The van der Waals surface area contributed by atoms with Gasteiger partial charge in [0.25, 0.3) is 6.01 Å². The molecule has 2 atom stereocenters. The number of nitrogens with zero attached hydrogens (tertiary/aromatic N) is 3. The van der Waals surface area contributed by atoms with Crippen LogP contribution in [0.4, 0.5) is 6.01 Å². The molecular formula is C16H16N4OS2. The van der Waals surface area contributed by atoms with Crippen molar-refractivity contribution >= 4 is 40.2 Å². The summed E-state index contributed by atoms with van der Waals surface area (Å²) in [6, 6.07) is 6.17. The number of fused-ring (bicyclic) bond motifs is 3. The van der Waals surface area contributed by atoms with Gasteiger partial charge >= 0.3 is 0 Å². The van der Waals surface area contributed by atoms with Crippen LogP contribution in [-0.4, -0.2) is 41.4 Å². The standard InChI is InChI=1S/C16H16N4OS2/c1-22-11-5-12(15-17-2-3-23-15)14-13(6-11)19-16(21-14)20-7-9-4-10(8-20)18-9/h2-3,5-6,9-10,18H,4,7-8H2,1H3. The molecule has 3 aliphatic rings. The van der Waals surface area contributed by atoms with Gasteiger partial charge in [-0.25, -0.2) is 4.98 Å². The molecule has 3 aromatic rings. The van der Waals surface area contributed by atoms with E-state index >= 15 is 0 Å². The fourth-order valence-electron chi connectivity index (χ4n) is 3.43. The van der Waals surface area contributed by atoms with Crippen molar-refractivity contribution in [3.8, 4) is 10.6 Å². The number of thioether (sulfide) groups is 1. The minimum atomic E-state index is 0.587. The van der Waals surface area contributed by atoms with Gasteiger partial charge in [0.15, 0.2) is 5.58 Å². The van der Waals surface area contributed by atoms with Crippen molar-refractivity contribution in [2.24, 2.45) is 0 Å². The predicted octanol–water partition coefficient (Wildman–Crippen LogP) is 3.22. The van der Waals surface area contributed by atoms with E-state index < -0.39 is 0 Å². The topological polar surface area (TPSA) is 54.2 Å². The molecular weight excluding hydrogens is 328 g/mol. The van der Waals surface area contributed by atoms with Crippen LogP contribution in [0.1, 0.15) is 6.42 Å². The van der Waals surface area contributed by atoms with E-state index in [-0.39, 0.29) is 0 Å². The molecule has 0 amide bonds. The summed E-state index contributed by atoms with van der Waals surface area (Å²) in [5.41, 5.74) is 2.81. The second-order valence-electron chi connectivity index (χ2n) is 6.06. The highest BCUT2D eigenvalue weighted by Crippen LogP contribution is 2.37. The predicted molar refractivity (Wildman–Crippen MR) is 94.4 cm³/mol. The highest BCUT2D eigenvalue weighted by atomic mass is 32.2. The fourth-order valence-corrected chi connectivity index (χ4v) is 4.55. The number of nitrogens with one attached hydrogen (secondary N) is 1. The maximum atomic E-state index is 6.18. The molecule has 0 aliphatic carbocycles. The van der Waals surface area contributed by atoms with Crippen molar-refractivity contribution in [2.75, 3.05) is 24.2 Å². The van der Waals surface area contributed by atoms with Crippen molar-refractivity contribution < 1.29 is 4.42 Å². The summed E-state index contributed by atoms with van der Waals surface area (Å²) in [7, 11) is 0. The monoisotopic (exact) mass is 344 g/mol. The van der Waals surface area contributed by atoms with Gasteiger partial charge in [0.2, 0.25) is 0 Å². The number of piperidine rings is 1. The van der Waals surface area contributed by atoms with Crippen LogP contribution in [0.2, 0.25) is 0 Å². The lowest BCUT2D eigenvalue weighted by molar-refractivity contribution is 0.220. The van der Waals surface area contributed by atoms with Crippen molar-refractivity contribution in [3.63, 3.8) is 0 Å². The van der Waals surface area contributed by atoms with Crippen LogP contribution in [0.3, 0.4) is 0 Å². The average molecular weight is 344 g/mol. The largest absolute Gasteiger partial charge is 0.423 e. The van der Waals surface area contributed by atoms with E-state index in [0.717, 1.165) is 40.8 Å². The molecule has 0 spiro atoms. The van der Waals surface area contributed by atoms with Crippen molar-refractivity contribution in [2.45, 2.75) is 23.4 Å². The van der Waals surface area contributed by atoms with Crippen LogP contribution >= 0.6 is 23.1 Å². The first-order valence-corrected chi connectivity index (χ1v) is 9.80. The molecule has 118 valence electrons. The average Bonchev–Trinajstić information content (AvgIpc) is 3.22. The zero-order chi connectivity index (χ0) is 15.4. The molecule has 2 bridgehead atoms. The van der Waals surface area contributed by atoms with Crippen LogP contribution in [0.5, 0.6) is 0 Å². The number of piperazine rings is 1.